The van der Waals surface area contributed by atoms with Gasteiger partial charge in [-0.15, -0.1) is 0 Å². The monoisotopic (exact) mass is 348 g/mol. The number of piperidine rings is 1. The molecule has 2 N–H and O–H groups in total. The van der Waals surface area contributed by atoms with Crippen LogP contribution >= 0.6 is 0 Å². The number of hydrogen-bond acceptors (Lipinski definition) is 5. The molecule has 0 radical (unpaired) electrons. The molecular formula is C17H24N4O4. The summed E-state index contributed by atoms with van der Waals surface area (Å²) in [6, 6.07) is 0. The number of ether oxygens (including phenoxy) is 1. The first-order chi connectivity index (χ1) is 12.1. The molecular weight excluding hydrogens is 324 g/mol. The van der Waals surface area contributed by atoms with Gasteiger partial charge in [-0.2, -0.15) is 5.10 Å². The molecule has 25 heavy (non-hydrogen) atoms. The lowest BCUT2D eigenvalue weighted by Gasteiger charge is -2.35. The number of carboxylic acid groups (broad SMARTS) is 1. The summed E-state index contributed by atoms with van der Waals surface area (Å²) in [5.74, 6) is -0.598. The highest BCUT2D eigenvalue weighted by atomic mass is 16.5. The Kier molecular flexibility index (Phi) is 4.24. The maximum Gasteiger partial charge on any atom is 0.354 e. The molecule has 3 saturated heterocycles. The molecule has 3 aliphatic rings. The van der Waals surface area contributed by atoms with Crippen LogP contribution < -0.4 is 0 Å². The summed E-state index contributed by atoms with van der Waals surface area (Å²) in [6.07, 6.45) is 4.91. The molecule has 0 spiro atoms. The fourth-order valence-electron chi connectivity index (χ4n) is 4.53. The van der Waals surface area contributed by atoms with Crippen molar-refractivity contribution in [2.24, 2.45) is 11.3 Å². The van der Waals surface area contributed by atoms with E-state index in [1.807, 2.05) is 4.90 Å². The lowest BCUT2D eigenvalue weighted by atomic mass is 9.79. The summed E-state index contributed by atoms with van der Waals surface area (Å²) in [4.78, 5) is 28.7. The summed E-state index contributed by atoms with van der Waals surface area (Å²) in [6.45, 7) is 4.63. The predicted octanol–water partition coefficient (Wildman–Crippen LogP) is 0.569. The second kappa shape index (κ2) is 6.42. The highest BCUT2D eigenvalue weighted by molar-refractivity contribution is 5.87. The number of rotatable bonds is 4. The van der Waals surface area contributed by atoms with Crippen LogP contribution in [0.4, 0.5) is 0 Å². The lowest BCUT2D eigenvalue weighted by Crippen LogP contribution is -2.50. The molecule has 0 unspecified atom stereocenters. The molecule has 0 saturated carbocycles. The molecule has 4 heterocycles. The second-order valence-corrected chi connectivity index (χ2v) is 7.47. The van der Waals surface area contributed by atoms with E-state index in [1.54, 1.807) is 6.20 Å². The van der Waals surface area contributed by atoms with Crippen LogP contribution in [-0.4, -0.2) is 76.4 Å². The fraction of sp³-hybridized carbons (Fsp3) is 0.706. The smallest absolute Gasteiger partial charge is 0.354 e. The minimum atomic E-state index is -1.01. The first kappa shape index (κ1) is 16.5. The van der Waals surface area contributed by atoms with Crippen molar-refractivity contribution in [1.29, 1.82) is 0 Å². The molecule has 0 bridgehead atoms. The van der Waals surface area contributed by atoms with Gasteiger partial charge in [0.1, 0.15) is 5.69 Å². The van der Waals surface area contributed by atoms with Crippen LogP contribution in [0.25, 0.3) is 0 Å². The van der Waals surface area contributed by atoms with E-state index in [0.717, 1.165) is 32.5 Å². The standard InChI is InChI=1S/C17H24N4O4/c22-15(23)14-12(6-18-19-14)7-20-8-13-9-25-11-17(13,10-20)16(24)21-4-2-1-3-5-21/h6,13H,1-5,7-11H2,(H,18,19)(H,22,23)/t13-,17-/m1/s1. The van der Waals surface area contributed by atoms with Gasteiger partial charge in [0.05, 0.1) is 24.8 Å². The maximum absolute atomic E-state index is 13.2. The number of nitrogens with one attached hydrogen (secondary N) is 1. The Morgan fingerprint density at radius 3 is 2.92 bits per heavy atom. The maximum atomic E-state index is 13.2. The van der Waals surface area contributed by atoms with E-state index in [4.69, 9.17) is 4.74 Å². The van der Waals surface area contributed by atoms with Crippen LogP contribution in [0.1, 0.15) is 35.3 Å². The van der Waals surface area contributed by atoms with Gasteiger partial charge in [-0.3, -0.25) is 14.8 Å². The van der Waals surface area contributed by atoms with E-state index in [-0.39, 0.29) is 17.5 Å². The number of carbonyl (C=O) groups excluding carboxylic acids is 1. The number of nitrogens with zero attached hydrogens (tertiary/aromatic N) is 3. The normalized spacial score (nSPS) is 29.8. The molecule has 3 aliphatic heterocycles. The molecule has 3 fully saturated rings. The van der Waals surface area contributed by atoms with E-state index >= 15 is 0 Å². The average Bonchev–Trinajstić information content (AvgIpc) is 3.29. The number of aromatic carboxylic acids is 1. The Labute approximate surface area is 146 Å². The van der Waals surface area contributed by atoms with Crippen molar-refractivity contribution in [2.75, 3.05) is 39.4 Å². The van der Waals surface area contributed by atoms with E-state index in [1.165, 1.54) is 6.42 Å². The number of hydrogen-bond donors (Lipinski definition) is 2. The van der Waals surface area contributed by atoms with Gasteiger partial charge in [-0.1, -0.05) is 0 Å². The largest absolute Gasteiger partial charge is 0.477 e. The Hall–Kier alpha value is -1.93. The first-order valence-corrected chi connectivity index (χ1v) is 8.95. The summed E-state index contributed by atoms with van der Waals surface area (Å²) in [7, 11) is 0. The van der Waals surface area contributed by atoms with Crippen molar-refractivity contribution in [3.8, 4) is 0 Å². The third-order valence-electron chi connectivity index (χ3n) is 5.84. The number of carbonyl (C=O) groups is 2. The third-order valence-corrected chi connectivity index (χ3v) is 5.84. The zero-order valence-corrected chi connectivity index (χ0v) is 14.2. The Morgan fingerprint density at radius 2 is 2.16 bits per heavy atom. The van der Waals surface area contributed by atoms with Gasteiger partial charge >= 0.3 is 5.97 Å². The van der Waals surface area contributed by atoms with Gasteiger partial charge in [0, 0.05) is 44.2 Å². The van der Waals surface area contributed by atoms with Gasteiger partial charge in [0.15, 0.2) is 0 Å². The van der Waals surface area contributed by atoms with Crippen LogP contribution in [0.3, 0.4) is 0 Å². The van der Waals surface area contributed by atoms with Crippen LogP contribution in [0.2, 0.25) is 0 Å². The highest BCUT2D eigenvalue weighted by Gasteiger charge is 2.56. The zero-order valence-electron chi connectivity index (χ0n) is 14.2. The van der Waals surface area contributed by atoms with Gasteiger partial charge in [0.25, 0.3) is 0 Å². The number of aromatic nitrogens is 2. The summed E-state index contributed by atoms with van der Waals surface area (Å²) in [5.41, 5.74) is 0.323. The van der Waals surface area contributed by atoms with Crippen molar-refractivity contribution in [3.05, 3.63) is 17.5 Å². The quantitative estimate of drug-likeness (QED) is 0.825. The first-order valence-electron chi connectivity index (χ1n) is 8.95. The van der Waals surface area contributed by atoms with Crippen molar-refractivity contribution < 1.29 is 19.4 Å². The van der Waals surface area contributed by atoms with Crippen molar-refractivity contribution in [2.45, 2.75) is 25.8 Å². The van der Waals surface area contributed by atoms with Gasteiger partial charge in [0.2, 0.25) is 5.91 Å². The Bertz CT molecular complexity index is 669. The Morgan fingerprint density at radius 1 is 1.36 bits per heavy atom. The Balaban J connectivity index is 1.50. The van der Waals surface area contributed by atoms with Crippen LogP contribution in [0.15, 0.2) is 6.20 Å². The van der Waals surface area contributed by atoms with E-state index in [9.17, 15) is 14.7 Å². The topological polar surface area (TPSA) is 98.8 Å². The van der Waals surface area contributed by atoms with Crippen molar-refractivity contribution >= 4 is 11.9 Å². The molecule has 0 aliphatic carbocycles. The molecule has 8 nitrogen and oxygen atoms in total. The molecule has 2 atom stereocenters. The van der Waals surface area contributed by atoms with Crippen LogP contribution in [0, 0.1) is 11.3 Å². The summed E-state index contributed by atoms with van der Waals surface area (Å²) >= 11 is 0. The molecule has 136 valence electrons. The summed E-state index contributed by atoms with van der Waals surface area (Å²) < 4.78 is 5.69. The third kappa shape index (κ3) is 2.83. The molecule has 1 aromatic rings. The van der Waals surface area contributed by atoms with Crippen molar-refractivity contribution in [3.63, 3.8) is 0 Å². The fourth-order valence-corrected chi connectivity index (χ4v) is 4.53. The zero-order chi connectivity index (χ0) is 17.4. The van der Waals surface area contributed by atoms with E-state index < -0.39 is 11.4 Å². The van der Waals surface area contributed by atoms with Crippen molar-refractivity contribution in [1.82, 2.24) is 20.0 Å². The number of aromatic amines is 1. The number of carboxylic acids is 1. The van der Waals surface area contributed by atoms with Crippen LogP contribution in [-0.2, 0) is 16.1 Å². The SMILES string of the molecule is O=C(O)c1[nH]ncc1CN1C[C@@H]2COC[C@]2(C(=O)N2CCCCC2)C1. The second-order valence-electron chi connectivity index (χ2n) is 7.47. The lowest BCUT2D eigenvalue weighted by molar-refractivity contribution is -0.143. The molecule has 0 aromatic carbocycles. The average molecular weight is 348 g/mol. The number of amides is 1. The minimum absolute atomic E-state index is 0.129. The van der Waals surface area contributed by atoms with E-state index in [2.05, 4.69) is 15.1 Å². The molecule has 1 aromatic heterocycles. The number of fused-ring (bicyclic) bond motifs is 1. The number of H-pyrrole nitrogens is 1. The molecule has 4 rings (SSSR count). The molecule has 1 amide bonds. The number of likely N-dealkylation sites (tertiary alicyclic amines) is 2. The van der Waals surface area contributed by atoms with Gasteiger partial charge in [-0.05, 0) is 19.3 Å². The van der Waals surface area contributed by atoms with Gasteiger partial charge in [-0.25, -0.2) is 4.79 Å². The van der Waals surface area contributed by atoms with E-state index in [0.29, 0.717) is 31.9 Å². The predicted molar refractivity (Wildman–Crippen MR) is 88.0 cm³/mol. The van der Waals surface area contributed by atoms with Crippen LogP contribution in [0.5, 0.6) is 0 Å². The summed E-state index contributed by atoms with van der Waals surface area (Å²) in [5, 5.41) is 15.6. The minimum Gasteiger partial charge on any atom is -0.477 e. The molecule has 8 heteroatoms. The van der Waals surface area contributed by atoms with Gasteiger partial charge < -0.3 is 14.7 Å². The highest BCUT2D eigenvalue weighted by Crippen LogP contribution is 2.43.